The van der Waals surface area contributed by atoms with Crippen LogP contribution in [0.3, 0.4) is 0 Å². The van der Waals surface area contributed by atoms with Gasteiger partial charge in [-0.1, -0.05) is 6.42 Å². The van der Waals surface area contributed by atoms with Crippen LogP contribution in [0, 0.1) is 5.92 Å². The monoisotopic (exact) mass is 294 g/mol. The van der Waals surface area contributed by atoms with E-state index in [1.807, 2.05) is 14.0 Å². The highest BCUT2D eigenvalue weighted by Crippen LogP contribution is 2.44. The molecule has 0 aromatic rings. The largest absolute Gasteiger partial charge is 0.391 e. The quantitative estimate of drug-likeness (QED) is 0.869. The Morgan fingerprint density at radius 3 is 2.55 bits per heavy atom. The summed E-state index contributed by atoms with van der Waals surface area (Å²) >= 11 is 0. The van der Waals surface area contributed by atoms with E-state index in [-0.39, 0.29) is 31.5 Å². The number of hydrogen-bond donors (Lipinski definition) is 1. The molecule has 118 valence electrons. The van der Waals surface area contributed by atoms with Gasteiger partial charge in [0.1, 0.15) is 0 Å². The molecule has 3 nitrogen and oxygen atoms in total. The number of rotatable bonds is 3. The van der Waals surface area contributed by atoms with Crippen LogP contribution in [0.25, 0.3) is 0 Å². The van der Waals surface area contributed by atoms with Gasteiger partial charge in [-0.3, -0.25) is 4.90 Å². The third kappa shape index (κ3) is 2.97. The van der Waals surface area contributed by atoms with Crippen molar-refractivity contribution in [3.8, 4) is 0 Å². The van der Waals surface area contributed by atoms with Gasteiger partial charge in [-0.2, -0.15) is 13.2 Å². The van der Waals surface area contributed by atoms with Gasteiger partial charge in [-0.05, 0) is 39.7 Å². The summed E-state index contributed by atoms with van der Waals surface area (Å²) in [7, 11) is 1.92. The summed E-state index contributed by atoms with van der Waals surface area (Å²) in [5.41, 5.74) is 5.37. The first-order valence-electron chi connectivity index (χ1n) is 7.41. The van der Waals surface area contributed by atoms with Gasteiger partial charge in [-0.25, -0.2) is 0 Å². The minimum absolute atomic E-state index is 0.0645. The van der Waals surface area contributed by atoms with E-state index in [1.165, 1.54) is 0 Å². The second-order valence-electron chi connectivity index (χ2n) is 6.31. The van der Waals surface area contributed by atoms with Gasteiger partial charge in [0.2, 0.25) is 0 Å². The predicted molar refractivity (Wildman–Crippen MR) is 71.4 cm³/mol. The van der Waals surface area contributed by atoms with E-state index in [0.29, 0.717) is 13.0 Å². The van der Waals surface area contributed by atoms with E-state index in [4.69, 9.17) is 10.5 Å². The maximum Gasteiger partial charge on any atom is 0.391 e. The van der Waals surface area contributed by atoms with E-state index in [0.717, 1.165) is 12.8 Å². The Labute approximate surface area is 118 Å². The lowest BCUT2D eigenvalue weighted by atomic mass is 9.73. The first-order valence-corrected chi connectivity index (χ1v) is 7.41. The molecule has 6 heteroatoms. The lowest BCUT2D eigenvalue weighted by molar-refractivity contribution is -0.194. The van der Waals surface area contributed by atoms with Crippen molar-refractivity contribution in [2.45, 2.75) is 62.9 Å². The van der Waals surface area contributed by atoms with Crippen LogP contribution in [0.5, 0.6) is 0 Å². The summed E-state index contributed by atoms with van der Waals surface area (Å²) in [5.74, 6) is -1.22. The Morgan fingerprint density at radius 1 is 1.35 bits per heavy atom. The number of nitrogens with zero attached hydrogens (tertiary/aromatic N) is 1. The van der Waals surface area contributed by atoms with Crippen LogP contribution in [-0.4, -0.2) is 49.0 Å². The van der Waals surface area contributed by atoms with Gasteiger partial charge < -0.3 is 10.5 Å². The maximum absolute atomic E-state index is 13.1. The SMILES string of the molecule is CC1OCCC1N(C)C1(CN)CCCC(C(F)(F)F)C1. The van der Waals surface area contributed by atoms with Gasteiger partial charge in [-0.15, -0.1) is 0 Å². The topological polar surface area (TPSA) is 38.5 Å². The molecule has 1 heterocycles. The Kier molecular flexibility index (Phi) is 4.66. The van der Waals surface area contributed by atoms with Crippen molar-refractivity contribution in [3.63, 3.8) is 0 Å². The normalized spacial score (nSPS) is 39.5. The Morgan fingerprint density at radius 2 is 2.05 bits per heavy atom. The fraction of sp³-hybridized carbons (Fsp3) is 1.00. The lowest BCUT2D eigenvalue weighted by Crippen LogP contribution is -2.60. The fourth-order valence-electron chi connectivity index (χ4n) is 3.85. The minimum Gasteiger partial charge on any atom is -0.377 e. The Hall–Kier alpha value is -0.330. The van der Waals surface area contributed by atoms with Crippen molar-refractivity contribution in [1.82, 2.24) is 4.90 Å². The Bertz CT molecular complexity index is 337. The van der Waals surface area contributed by atoms with Crippen LogP contribution in [0.15, 0.2) is 0 Å². The molecule has 2 rings (SSSR count). The number of nitrogens with two attached hydrogens (primary N) is 1. The zero-order valence-electron chi connectivity index (χ0n) is 12.2. The van der Waals surface area contributed by atoms with Gasteiger partial charge >= 0.3 is 6.18 Å². The molecule has 0 aromatic heterocycles. The Balaban J connectivity index is 2.15. The average Bonchev–Trinajstić information content (AvgIpc) is 2.83. The number of hydrogen-bond acceptors (Lipinski definition) is 3. The molecule has 4 unspecified atom stereocenters. The number of alkyl halides is 3. The van der Waals surface area contributed by atoms with Crippen LogP contribution < -0.4 is 5.73 Å². The molecule has 0 bridgehead atoms. The van der Waals surface area contributed by atoms with Crippen molar-refractivity contribution in [1.29, 1.82) is 0 Å². The summed E-state index contributed by atoms with van der Waals surface area (Å²) in [6, 6.07) is 0.172. The molecular formula is C14H25F3N2O. The van der Waals surface area contributed by atoms with E-state index >= 15 is 0 Å². The second kappa shape index (κ2) is 5.81. The third-order valence-electron chi connectivity index (χ3n) is 5.25. The summed E-state index contributed by atoms with van der Waals surface area (Å²) < 4.78 is 44.7. The first kappa shape index (κ1) is 16.0. The molecule has 0 radical (unpaired) electrons. The van der Waals surface area contributed by atoms with Crippen LogP contribution in [0.1, 0.15) is 39.0 Å². The van der Waals surface area contributed by atoms with Crippen molar-refractivity contribution in [2.75, 3.05) is 20.2 Å². The molecule has 2 N–H and O–H groups in total. The average molecular weight is 294 g/mol. The second-order valence-corrected chi connectivity index (χ2v) is 6.31. The lowest BCUT2D eigenvalue weighted by Gasteiger charge is -2.49. The van der Waals surface area contributed by atoms with Gasteiger partial charge in [0.05, 0.1) is 12.0 Å². The van der Waals surface area contributed by atoms with Crippen LogP contribution in [0.4, 0.5) is 13.2 Å². The minimum atomic E-state index is -4.11. The molecule has 0 spiro atoms. The van der Waals surface area contributed by atoms with Gasteiger partial charge in [0.15, 0.2) is 0 Å². The van der Waals surface area contributed by atoms with Crippen LogP contribution in [0.2, 0.25) is 0 Å². The molecule has 2 fully saturated rings. The smallest absolute Gasteiger partial charge is 0.377 e. The zero-order valence-corrected chi connectivity index (χ0v) is 12.2. The van der Waals surface area contributed by atoms with Gasteiger partial charge in [0, 0.05) is 24.7 Å². The molecular weight excluding hydrogens is 269 g/mol. The number of ether oxygens (including phenoxy) is 1. The summed E-state index contributed by atoms with van der Waals surface area (Å²) in [4.78, 5) is 2.09. The van der Waals surface area contributed by atoms with Crippen molar-refractivity contribution in [2.24, 2.45) is 11.7 Å². The van der Waals surface area contributed by atoms with E-state index in [1.54, 1.807) is 0 Å². The van der Waals surface area contributed by atoms with E-state index in [9.17, 15) is 13.2 Å². The first-order chi connectivity index (χ1) is 9.30. The molecule has 2 aliphatic rings. The highest BCUT2D eigenvalue weighted by Gasteiger charge is 2.50. The molecule has 4 atom stereocenters. The fourth-order valence-corrected chi connectivity index (χ4v) is 3.85. The van der Waals surface area contributed by atoms with Gasteiger partial charge in [0.25, 0.3) is 0 Å². The van der Waals surface area contributed by atoms with Crippen LogP contribution >= 0.6 is 0 Å². The molecule has 1 aliphatic heterocycles. The van der Waals surface area contributed by atoms with E-state index in [2.05, 4.69) is 4.90 Å². The molecule has 0 amide bonds. The molecule has 20 heavy (non-hydrogen) atoms. The maximum atomic E-state index is 13.1. The van der Waals surface area contributed by atoms with Crippen LogP contribution in [-0.2, 0) is 4.74 Å². The molecule has 1 saturated carbocycles. The van der Waals surface area contributed by atoms with Crippen molar-refractivity contribution < 1.29 is 17.9 Å². The molecule has 1 aliphatic carbocycles. The number of halogens is 3. The van der Waals surface area contributed by atoms with Crippen molar-refractivity contribution in [3.05, 3.63) is 0 Å². The summed E-state index contributed by atoms with van der Waals surface area (Å²) in [6.07, 6.45) is -1.49. The predicted octanol–water partition coefficient (Wildman–Crippen LogP) is 2.55. The highest BCUT2D eigenvalue weighted by molar-refractivity contribution is 5.00. The highest BCUT2D eigenvalue weighted by atomic mass is 19.4. The summed E-state index contributed by atoms with van der Waals surface area (Å²) in [6.45, 7) is 2.95. The third-order valence-corrected chi connectivity index (χ3v) is 5.25. The number of likely N-dealkylation sites (N-methyl/N-ethyl adjacent to an activating group) is 1. The summed E-state index contributed by atoms with van der Waals surface area (Å²) in [5, 5.41) is 0. The molecule has 0 aromatic carbocycles. The standard InChI is InChI=1S/C14H25F3N2O/c1-10-12(5-7-20-10)19(2)13(9-18)6-3-4-11(8-13)14(15,16)17/h10-12H,3-9,18H2,1-2H3. The molecule has 1 saturated heterocycles. The van der Waals surface area contributed by atoms with Crippen molar-refractivity contribution >= 4 is 0 Å². The van der Waals surface area contributed by atoms with E-state index < -0.39 is 17.6 Å². The zero-order chi connectivity index (χ0) is 15.0.